The van der Waals surface area contributed by atoms with Crippen molar-refractivity contribution in [3.63, 3.8) is 0 Å². The van der Waals surface area contributed by atoms with Crippen molar-refractivity contribution in [1.82, 2.24) is 14.6 Å². The molecule has 2 atom stereocenters. The highest BCUT2D eigenvalue weighted by atomic mass is 15.4. The van der Waals surface area contributed by atoms with Crippen LogP contribution in [-0.4, -0.2) is 27.2 Å². The maximum atomic E-state index is 5.12. The molecule has 0 bridgehead atoms. The van der Waals surface area contributed by atoms with Gasteiger partial charge in [0.15, 0.2) is 5.65 Å². The molecule has 0 amide bonds. The van der Waals surface area contributed by atoms with Gasteiger partial charge in [-0.25, -0.2) is 4.98 Å². The van der Waals surface area contributed by atoms with E-state index in [1.807, 2.05) is 0 Å². The lowest BCUT2D eigenvalue weighted by Gasteiger charge is -2.37. The van der Waals surface area contributed by atoms with Crippen molar-refractivity contribution in [3.8, 4) is 11.1 Å². The van der Waals surface area contributed by atoms with Crippen LogP contribution >= 0.6 is 0 Å². The zero-order chi connectivity index (χ0) is 21.2. The van der Waals surface area contributed by atoms with Gasteiger partial charge in [0.05, 0.1) is 11.3 Å². The Balaban J connectivity index is 1.74. The van der Waals surface area contributed by atoms with Gasteiger partial charge >= 0.3 is 0 Å². The maximum Gasteiger partial charge on any atom is 0.165 e. The second-order valence-electron chi connectivity index (χ2n) is 9.74. The van der Waals surface area contributed by atoms with E-state index in [0.29, 0.717) is 6.04 Å². The molecule has 4 heteroatoms. The van der Waals surface area contributed by atoms with Gasteiger partial charge in [0.25, 0.3) is 0 Å². The van der Waals surface area contributed by atoms with Crippen LogP contribution in [0, 0.1) is 40.5 Å². The summed E-state index contributed by atoms with van der Waals surface area (Å²) in [6.07, 6.45) is 6.45. The topological polar surface area (TPSA) is 33.4 Å². The van der Waals surface area contributed by atoms with Crippen LogP contribution in [0.15, 0.2) is 12.1 Å². The highest BCUT2D eigenvalue weighted by Gasteiger charge is 2.35. The van der Waals surface area contributed by atoms with Crippen molar-refractivity contribution in [2.24, 2.45) is 5.92 Å². The van der Waals surface area contributed by atoms with Gasteiger partial charge in [0, 0.05) is 23.8 Å². The Morgan fingerprint density at radius 2 is 1.60 bits per heavy atom. The van der Waals surface area contributed by atoms with Crippen molar-refractivity contribution in [2.75, 3.05) is 11.4 Å². The van der Waals surface area contributed by atoms with Gasteiger partial charge in [0.2, 0.25) is 0 Å². The fraction of sp³-hybridized carbons (Fsp3) is 0.538. The molecular formula is C26H34N4. The van der Waals surface area contributed by atoms with E-state index in [-0.39, 0.29) is 0 Å². The Hall–Kier alpha value is -2.36. The molecule has 1 fully saturated rings. The summed E-state index contributed by atoms with van der Waals surface area (Å²) < 4.78 is 2.18. The Bertz CT molecular complexity index is 1120. The zero-order valence-electron chi connectivity index (χ0n) is 19.3. The molecule has 4 nitrogen and oxygen atoms in total. The lowest BCUT2D eigenvalue weighted by molar-refractivity contribution is 0.315. The van der Waals surface area contributed by atoms with Crippen LogP contribution in [0.4, 0.5) is 5.82 Å². The second-order valence-corrected chi connectivity index (χ2v) is 9.74. The number of hydrogen-bond acceptors (Lipinski definition) is 3. The Morgan fingerprint density at radius 1 is 0.900 bits per heavy atom. The van der Waals surface area contributed by atoms with E-state index in [0.717, 1.165) is 30.2 Å². The number of fused-ring (bicyclic) bond motifs is 3. The minimum Gasteiger partial charge on any atom is -0.353 e. The molecule has 0 saturated heterocycles. The Kier molecular flexibility index (Phi) is 4.64. The van der Waals surface area contributed by atoms with E-state index in [1.165, 1.54) is 70.6 Å². The first-order valence-corrected chi connectivity index (χ1v) is 11.6. The van der Waals surface area contributed by atoms with E-state index in [4.69, 9.17) is 10.1 Å². The standard InChI is InChI=1S/C26H34N4/c1-15-13-17(3)23(18(4)14-15)24-20(6)28-30-25(24)27-19(5)21-11-12-29(26(21)30)22-10-8-7-9-16(22)2/h13-14,16,22H,7-12H2,1-6H3. The van der Waals surface area contributed by atoms with Gasteiger partial charge in [-0.3, -0.25) is 0 Å². The summed E-state index contributed by atoms with van der Waals surface area (Å²) in [6, 6.07) is 5.18. The second kappa shape index (κ2) is 7.11. The van der Waals surface area contributed by atoms with Gasteiger partial charge in [-0.15, -0.1) is 0 Å². The van der Waals surface area contributed by atoms with E-state index in [9.17, 15) is 0 Å². The van der Waals surface area contributed by atoms with Gasteiger partial charge in [0.1, 0.15) is 5.82 Å². The summed E-state index contributed by atoms with van der Waals surface area (Å²) in [7, 11) is 0. The minimum atomic E-state index is 0.626. The predicted octanol–water partition coefficient (Wildman–Crippen LogP) is 5.88. The highest BCUT2D eigenvalue weighted by Crippen LogP contribution is 2.41. The third kappa shape index (κ3) is 2.87. The van der Waals surface area contributed by atoms with Crippen LogP contribution in [0.3, 0.4) is 0 Å². The van der Waals surface area contributed by atoms with Gasteiger partial charge in [-0.2, -0.15) is 9.61 Å². The van der Waals surface area contributed by atoms with Crippen LogP contribution in [-0.2, 0) is 6.42 Å². The molecule has 1 aromatic carbocycles. The summed E-state index contributed by atoms with van der Waals surface area (Å²) in [5.74, 6) is 2.05. The van der Waals surface area contributed by atoms with Crippen LogP contribution in [0.1, 0.15) is 66.2 Å². The molecule has 0 spiro atoms. The molecule has 2 unspecified atom stereocenters. The highest BCUT2D eigenvalue weighted by molar-refractivity contribution is 5.85. The number of aromatic nitrogens is 3. The molecule has 1 saturated carbocycles. The lowest BCUT2D eigenvalue weighted by Crippen LogP contribution is -2.41. The van der Waals surface area contributed by atoms with Crippen molar-refractivity contribution < 1.29 is 0 Å². The van der Waals surface area contributed by atoms with Crippen molar-refractivity contribution >= 4 is 11.5 Å². The fourth-order valence-corrected chi connectivity index (χ4v) is 6.16. The quantitative estimate of drug-likeness (QED) is 0.537. The van der Waals surface area contributed by atoms with Gasteiger partial charge < -0.3 is 4.90 Å². The van der Waals surface area contributed by atoms with Crippen LogP contribution in [0.5, 0.6) is 0 Å². The SMILES string of the molecule is Cc1cc(C)c(-c2c(C)nn3c4c(c(C)nc23)CCN4C2CCCCC2C)c(C)c1. The first-order chi connectivity index (χ1) is 14.4. The molecule has 2 aliphatic rings. The summed E-state index contributed by atoms with van der Waals surface area (Å²) >= 11 is 0. The fourth-order valence-electron chi connectivity index (χ4n) is 6.16. The number of nitrogens with zero attached hydrogens (tertiary/aromatic N) is 4. The summed E-state index contributed by atoms with van der Waals surface area (Å²) in [5, 5.41) is 5.09. The molecular weight excluding hydrogens is 368 g/mol. The molecule has 2 aromatic heterocycles. The number of anilines is 1. The number of benzene rings is 1. The minimum absolute atomic E-state index is 0.626. The molecule has 3 heterocycles. The zero-order valence-corrected chi connectivity index (χ0v) is 19.3. The van der Waals surface area contributed by atoms with Crippen LogP contribution in [0.2, 0.25) is 0 Å². The smallest absolute Gasteiger partial charge is 0.165 e. The number of rotatable bonds is 2. The third-order valence-electron chi connectivity index (χ3n) is 7.49. The molecule has 158 valence electrons. The predicted molar refractivity (Wildman–Crippen MR) is 125 cm³/mol. The van der Waals surface area contributed by atoms with E-state index >= 15 is 0 Å². The monoisotopic (exact) mass is 402 g/mol. The summed E-state index contributed by atoms with van der Waals surface area (Å²) in [4.78, 5) is 7.79. The van der Waals surface area contributed by atoms with Gasteiger partial charge in [-0.05, 0) is 76.5 Å². The van der Waals surface area contributed by atoms with E-state index in [1.54, 1.807) is 0 Å². The molecule has 1 aliphatic carbocycles. The molecule has 0 N–H and O–H groups in total. The third-order valence-corrected chi connectivity index (χ3v) is 7.49. The molecule has 1 aliphatic heterocycles. The molecule has 3 aromatic rings. The molecule has 30 heavy (non-hydrogen) atoms. The average molecular weight is 403 g/mol. The Morgan fingerprint density at radius 3 is 2.30 bits per heavy atom. The molecule has 0 radical (unpaired) electrons. The Labute approximate surface area is 180 Å². The first kappa shape index (κ1) is 19.6. The van der Waals surface area contributed by atoms with Crippen molar-refractivity contribution in [3.05, 3.63) is 45.8 Å². The molecule has 5 rings (SSSR count). The van der Waals surface area contributed by atoms with Gasteiger partial charge in [-0.1, -0.05) is 37.5 Å². The van der Waals surface area contributed by atoms with Crippen LogP contribution in [0.25, 0.3) is 16.8 Å². The summed E-state index contributed by atoms with van der Waals surface area (Å²) in [5.41, 5.74) is 11.1. The van der Waals surface area contributed by atoms with Crippen molar-refractivity contribution in [2.45, 2.75) is 79.7 Å². The lowest BCUT2D eigenvalue weighted by atomic mass is 9.85. The van der Waals surface area contributed by atoms with Crippen LogP contribution < -0.4 is 4.90 Å². The number of aryl methyl sites for hydroxylation is 5. The van der Waals surface area contributed by atoms with E-state index < -0.39 is 0 Å². The summed E-state index contributed by atoms with van der Waals surface area (Å²) in [6.45, 7) is 14.5. The van der Waals surface area contributed by atoms with Crippen molar-refractivity contribution in [1.29, 1.82) is 0 Å². The number of hydrogen-bond donors (Lipinski definition) is 0. The first-order valence-electron chi connectivity index (χ1n) is 11.6. The largest absolute Gasteiger partial charge is 0.353 e. The van der Waals surface area contributed by atoms with E-state index in [2.05, 4.69) is 63.1 Å². The average Bonchev–Trinajstić information content (AvgIpc) is 3.24. The normalized spacial score (nSPS) is 21.5. The maximum absolute atomic E-state index is 5.12.